The van der Waals surface area contributed by atoms with E-state index in [1.54, 1.807) is 17.1 Å². The predicted octanol–water partition coefficient (Wildman–Crippen LogP) is 2.11. The summed E-state index contributed by atoms with van der Waals surface area (Å²) in [6.45, 7) is 9.54. The molecule has 0 aromatic carbocycles. The van der Waals surface area contributed by atoms with Gasteiger partial charge in [-0.05, 0) is 19.4 Å². The number of hydrogen-bond acceptors (Lipinski definition) is 2. The summed E-state index contributed by atoms with van der Waals surface area (Å²) in [5.74, 6) is 0.187. The fourth-order valence-corrected chi connectivity index (χ4v) is 2.20. The molecule has 0 bridgehead atoms. The summed E-state index contributed by atoms with van der Waals surface area (Å²) < 4.78 is 0. The van der Waals surface area contributed by atoms with Crippen molar-refractivity contribution in [1.29, 1.82) is 0 Å². The van der Waals surface area contributed by atoms with Crippen LogP contribution >= 0.6 is 0 Å². The molecule has 1 aliphatic heterocycles. The van der Waals surface area contributed by atoms with Crippen molar-refractivity contribution in [1.82, 2.24) is 10.2 Å². The third-order valence-electron chi connectivity index (χ3n) is 3.12. The van der Waals surface area contributed by atoms with Gasteiger partial charge in [-0.2, -0.15) is 0 Å². The van der Waals surface area contributed by atoms with Gasteiger partial charge in [-0.15, -0.1) is 13.2 Å². The summed E-state index contributed by atoms with van der Waals surface area (Å²) in [4.78, 5) is 14.1. The van der Waals surface area contributed by atoms with Gasteiger partial charge in [0.15, 0.2) is 0 Å². The molecule has 1 heterocycles. The monoisotopic (exact) mass is 236 g/mol. The van der Waals surface area contributed by atoms with Crippen LogP contribution in [0.15, 0.2) is 25.3 Å². The molecule has 0 aromatic rings. The van der Waals surface area contributed by atoms with E-state index in [0.717, 1.165) is 19.4 Å². The van der Waals surface area contributed by atoms with Crippen molar-refractivity contribution >= 4 is 5.91 Å². The summed E-state index contributed by atoms with van der Waals surface area (Å²) in [6.07, 6.45) is 9.32. The second kappa shape index (κ2) is 8.07. The molecule has 1 amide bonds. The molecular formula is C14H24N2O. The Bertz CT molecular complexity index is 245. The third-order valence-corrected chi connectivity index (χ3v) is 3.12. The van der Waals surface area contributed by atoms with Gasteiger partial charge in [0.05, 0.1) is 6.04 Å². The number of carbonyl (C=O) groups is 1. The lowest BCUT2D eigenvalue weighted by molar-refractivity contribution is -0.132. The number of nitrogens with one attached hydrogen (secondary N) is 1. The maximum Gasteiger partial charge on any atom is 0.240 e. The smallest absolute Gasteiger partial charge is 0.240 e. The predicted molar refractivity (Wildman–Crippen MR) is 71.8 cm³/mol. The van der Waals surface area contributed by atoms with Gasteiger partial charge in [-0.3, -0.25) is 4.79 Å². The van der Waals surface area contributed by atoms with E-state index in [-0.39, 0.29) is 11.9 Å². The minimum absolute atomic E-state index is 0.0183. The van der Waals surface area contributed by atoms with Crippen LogP contribution in [0.4, 0.5) is 0 Å². The van der Waals surface area contributed by atoms with Crippen molar-refractivity contribution in [2.24, 2.45) is 0 Å². The first-order chi connectivity index (χ1) is 8.29. The van der Waals surface area contributed by atoms with E-state index in [4.69, 9.17) is 0 Å². The van der Waals surface area contributed by atoms with Crippen molar-refractivity contribution in [2.75, 3.05) is 19.6 Å². The largest absolute Gasteiger partial charge is 0.334 e. The van der Waals surface area contributed by atoms with Gasteiger partial charge >= 0.3 is 0 Å². The van der Waals surface area contributed by atoms with Crippen LogP contribution < -0.4 is 5.32 Å². The molecule has 0 aromatic heterocycles. The maximum atomic E-state index is 12.3. The topological polar surface area (TPSA) is 32.3 Å². The Kier molecular flexibility index (Phi) is 6.63. The molecule has 1 fully saturated rings. The Hall–Kier alpha value is -1.09. The molecule has 1 rings (SSSR count). The number of nitrogens with zero attached hydrogens (tertiary/aromatic N) is 1. The normalized spacial score (nSPS) is 21.1. The third kappa shape index (κ3) is 4.73. The van der Waals surface area contributed by atoms with Crippen molar-refractivity contribution in [3.63, 3.8) is 0 Å². The molecule has 1 unspecified atom stereocenters. The summed E-state index contributed by atoms with van der Waals surface area (Å²) in [6, 6.07) is -0.0183. The summed E-state index contributed by atoms with van der Waals surface area (Å²) >= 11 is 0. The minimum Gasteiger partial charge on any atom is -0.334 e. The Labute approximate surface area is 105 Å². The van der Waals surface area contributed by atoms with Crippen molar-refractivity contribution in [3.05, 3.63) is 25.3 Å². The maximum absolute atomic E-state index is 12.3. The van der Waals surface area contributed by atoms with Crippen LogP contribution in [-0.4, -0.2) is 36.5 Å². The van der Waals surface area contributed by atoms with E-state index >= 15 is 0 Å². The van der Waals surface area contributed by atoms with Crippen molar-refractivity contribution in [2.45, 2.75) is 38.1 Å². The van der Waals surface area contributed by atoms with E-state index < -0.39 is 0 Å². The number of rotatable bonds is 5. The van der Waals surface area contributed by atoms with Gasteiger partial charge in [-0.1, -0.05) is 31.4 Å². The molecule has 1 aliphatic rings. The minimum atomic E-state index is -0.0183. The molecular weight excluding hydrogens is 212 g/mol. The Morgan fingerprint density at radius 1 is 1.18 bits per heavy atom. The quantitative estimate of drug-likeness (QED) is 0.742. The lowest BCUT2D eigenvalue weighted by atomic mass is 10.0. The van der Waals surface area contributed by atoms with Gasteiger partial charge in [0.25, 0.3) is 0 Å². The van der Waals surface area contributed by atoms with Gasteiger partial charge < -0.3 is 10.2 Å². The number of hydrogen-bond donors (Lipinski definition) is 1. The molecule has 1 N–H and O–H groups in total. The summed E-state index contributed by atoms with van der Waals surface area (Å²) in [7, 11) is 0. The number of amides is 1. The number of carbonyl (C=O) groups excluding carboxylic acids is 1. The first-order valence-corrected chi connectivity index (χ1v) is 6.53. The Balaban J connectivity index is 2.55. The van der Waals surface area contributed by atoms with Gasteiger partial charge in [-0.25, -0.2) is 0 Å². The van der Waals surface area contributed by atoms with Crippen LogP contribution in [0.25, 0.3) is 0 Å². The zero-order valence-electron chi connectivity index (χ0n) is 10.7. The first-order valence-electron chi connectivity index (χ1n) is 6.53. The van der Waals surface area contributed by atoms with Gasteiger partial charge in [0, 0.05) is 13.1 Å². The highest BCUT2D eigenvalue weighted by Gasteiger charge is 2.22. The molecule has 0 aliphatic carbocycles. The summed E-state index contributed by atoms with van der Waals surface area (Å²) in [5.41, 5.74) is 0. The SMILES string of the molecule is C=CCN(CC=C)C(=O)C1CCCCCCN1. The molecule has 0 spiro atoms. The Morgan fingerprint density at radius 3 is 2.47 bits per heavy atom. The second-order valence-electron chi connectivity index (χ2n) is 4.53. The van der Waals surface area contributed by atoms with E-state index in [1.807, 2.05) is 0 Å². The van der Waals surface area contributed by atoms with Crippen LogP contribution in [0.1, 0.15) is 32.1 Å². The summed E-state index contributed by atoms with van der Waals surface area (Å²) in [5, 5.41) is 3.36. The van der Waals surface area contributed by atoms with Crippen molar-refractivity contribution < 1.29 is 4.79 Å². The lowest BCUT2D eigenvalue weighted by Gasteiger charge is -2.27. The molecule has 17 heavy (non-hydrogen) atoms. The molecule has 1 saturated heterocycles. The first kappa shape index (κ1) is 14.0. The lowest BCUT2D eigenvalue weighted by Crippen LogP contribution is -2.47. The van der Waals surface area contributed by atoms with Crippen LogP contribution in [-0.2, 0) is 4.79 Å². The highest BCUT2D eigenvalue weighted by molar-refractivity contribution is 5.82. The highest BCUT2D eigenvalue weighted by Crippen LogP contribution is 2.11. The second-order valence-corrected chi connectivity index (χ2v) is 4.53. The molecule has 96 valence electrons. The van der Waals surface area contributed by atoms with Gasteiger partial charge in [0.2, 0.25) is 5.91 Å². The van der Waals surface area contributed by atoms with E-state index in [0.29, 0.717) is 13.1 Å². The molecule has 3 nitrogen and oxygen atoms in total. The van der Waals surface area contributed by atoms with Crippen LogP contribution in [0.2, 0.25) is 0 Å². The fraction of sp³-hybridized carbons (Fsp3) is 0.643. The van der Waals surface area contributed by atoms with Crippen LogP contribution in [0.3, 0.4) is 0 Å². The zero-order valence-corrected chi connectivity index (χ0v) is 10.7. The zero-order chi connectivity index (χ0) is 12.5. The van der Waals surface area contributed by atoms with E-state index in [2.05, 4.69) is 18.5 Å². The average Bonchev–Trinajstić information content (AvgIpc) is 2.27. The van der Waals surface area contributed by atoms with Gasteiger partial charge in [0.1, 0.15) is 0 Å². The molecule has 0 radical (unpaired) electrons. The molecule has 1 atom stereocenters. The van der Waals surface area contributed by atoms with E-state index in [1.165, 1.54) is 19.3 Å². The molecule has 0 saturated carbocycles. The van der Waals surface area contributed by atoms with Crippen LogP contribution in [0, 0.1) is 0 Å². The van der Waals surface area contributed by atoms with Crippen LogP contribution in [0.5, 0.6) is 0 Å². The average molecular weight is 236 g/mol. The van der Waals surface area contributed by atoms with E-state index in [9.17, 15) is 4.79 Å². The highest BCUT2D eigenvalue weighted by atomic mass is 16.2. The standard InChI is InChI=1S/C14H24N2O/c1-3-11-16(12-4-2)14(17)13-9-7-5-6-8-10-15-13/h3-4,13,15H,1-2,5-12H2. The van der Waals surface area contributed by atoms with Crippen molar-refractivity contribution in [3.8, 4) is 0 Å². The molecule has 3 heteroatoms. The fourth-order valence-electron chi connectivity index (χ4n) is 2.20. The Morgan fingerprint density at radius 2 is 1.82 bits per heavy atom.